The minimum Gasteiger partial charge on any atom is -0.378 e. The molecule has 2 aliphatic rings. The van der Waals surface area contributed by atoms with E-state index in [4.69, 9.17) is 4.74 Å². The first-order chi connectivity index (χ1) is 8.79. The molecule has 4 nitrogen and oxygen atoms in total. The molecule has 0 aromatic carbocycles. The molecule has 0 saturated carbocycles. The van der Waals surface area contributed by atoms with Crippen molar-refractivity contribution in [2.45, 2.75) is 45.1 Å². The van der Waals surface area contributed by atoms with Gasteiger partial charge in [-0.05, 0) is 25.2 Å². The van der Waals surface area contributed by atoms with Crippen molar-refractivity contribution in [3.8, 4) is 0 Å². The van der Waals surface area contributed by atoms with Crippen LogP contribution in [0.2, 0.25) is 0 Å². The lowest BCUT2D eigenvalue weighted by molar-refractivity contribution is -0.132. The number of rotatable bonds is 3. The molecule has 2 rings (SSSR count). The molecule has 0 aliphatic carbocycles. The van der Waals surface area contributed by atoms with Crippen molar-refractivity contribution in [1.82, 2.24) is 10.2 Å². The predicted molar refractivity (Wildman–Crippen MR) is 78.7 cm³/mol. The quantitative estimate of drug-likeness (QED) is 0.862. The molecule has 2 heterocycles. The van der Waals surface area contributed by atoms with Gasteiger partial charge in [0, 0.05) is 32.1 Å². The van der Waals surface area contributed by atoms with Gasteiger partial charge in [0.05, 0.1) is 13.2 Å². The lowest BCUT2D eigenvalue weighted by Crippen LogP contribution is -2.45. The third-order valence-corrected chi connectivity index (χ3v) is 4.20. The highest BCUT2D eigenvalue weighted by molar-refractivity contribution is 5.85. The topological polar surface area (TPSA) is 41.6 Å². The van der Waals surface area contributed by atoms with Gasteiger partial charge in [0.25, 0.3) is 0 Å². The molecule has 1 amide bonds. The van der Waals surface area contributed by atoms with Crippen LogP contribution in [0.4, 0.5) is 0 Å². The van der Waals surface area contributed by atoms with E-state index < -0.39 is 0 Å². The lowest BCUT2D eigenvalue weighted by Gasteiger charge is -2.27. The van der Waals surface area contributed by atoms with Gasteiger partial charge < -0.3 is 15.0 Å². The third kappa shape index (κ3) is 5.28. The van der Waals surface area contributed by atoms with E-state index in [2.05, 4.69) is 17.1 Å². The van der Waals surface area contributed by atoms with Crippen LogP contribution in [-0.4, -0.2) is 49.7 Å². The van der Waals surface area contributed by atoms with Crippen molar-refractivity contribution in [2.75, 3.05) is 32.8 Å². The number of likely N-dealkylation sites (tertiary alicyclic amines) is 1. The van der Waals surface area contributed by atoms with Gasteiger partial charge in [0.2, 0.25) is 5.91 Å². The molecule has 0 bridgehead atoms. The maximum absolute atomic E-state index is 12.2. The Bertz CT molecular complexity index is 270. The number of nitrogens with one attached hydrogen (secondary N) is 1. The molecule has 0 spiro atoms. The average Bonchev–Trinajstić information content (AvgIpc) is 2.65. The van der Waals surface area contributed by atoms with Crippen LogP contribution in [0.15, 0.2) is 0 Å². The zero-order chi connectivity index (χ0) is 12.8. The molecule has 0 aromatic heterocycles. The number of hydrogen-bond acceptors (Lipinski definition) is 3. The fraction of sp³-hybridized carbons (Fsp3) is 0.929. The molecule has 0 aromatic rings. The zero-order valence-electron chi connectivity index (χ0n) is 11.9. The fourth-order valence-corrected chi connectivity index (χ4v) is 2.91. The highest BCUT2D eigenvalue weighted by Gasteiger charge is 2.23. The van der Waals surface area contributed by atoms with Crippen LogP contribution in [0, 0.1) is 5.92 Å². The summed E-state index contributed by atoms with van der Waals surface area (Å²) in [4.78, 5) is 14.3. The van der Waals surface area contributed by atoms with Crippen molar-refractivity contribution in [3.63, 3.8) is 0 Å². The zero-order valence-corrected chi connectivity index (χ0v) is 12.7. The summed E-state index contributed by atoms with van der Waals surface area (Å²) in [6.07, 6.45) is 5.47. The fourth-order valence-electron chi connectivity index (χ4n) is 2.91. The normalized spacial score (nSPS) is 28.4. The second kappa shape index (κ2) is 8.77. The average molecular weight is 291 g/mol. The Labute approximate surface area is 122 Å². The monoisotopic (exact) mass is 290 g/mol. The second-order valence-electron chi connectivity index (χ2n) is 5.52. The molecule has 19 heavy (non-hydrogen) atoms. The molecule has 1 N–H and O–H groups in total. The SMILES string of the molecule is CCC1CCCN(C(=O)CC2COCCN2)CC1.Cl. The summed E-state index contributed by atoms with van der Waals surface area (Å²) in [5.41, 5.74) is 0. The number of amides is 1. The number of hydrogen-bond donors (Lipinski definition) is 1. The van der Waals surface area contributed by atoms with Crippen LogP contribution >= 0.6 is 12.4 Å². The van der Waals surface area contributed by atoms with Crippen LogP contribution in [0.3, 0.4) is 0 Å². The van der Waals surface area contributed by atoms with Crippen molar-refractivity contribution < 1.29 is 9.53 Å². The summed E-state index contributed by atoms with van der Waals surface area (Å²) >= 11 is 0. The third-order valence-electron chi connectivity index (χ3n) is 4.20. The Kier molecular flexibility index (Phi) is 7.73. The van der Waals surface area contributed by atoms with Crippen molar-refractivity contribution in [1.29, 1.82) is 0 Å². The Morgan fingerprint density at radius 1 is 1.37 bits per heavy atom. The van der Waals surface area contributed by atoms with Gasteiger partial charge >= 0.3 is 0 Å². The van der Waals surface area contributed by atoms with Crippen molar-refractivity contribution in [2.24, 2.45) is 5.92 Å². The highest BCUT2D eigenvalue weighted by atomic mass is 35.5. The van der Waals surface area contributed by atoms with E-state index in [9.17, 15) is 4.79 Å². The lowest BCUT2D eigenvalue weighted by atomic mass is 9.98. The molecule has 2 atom stereocenters. The number of halogens is 1. The van der Waals surface area contributed by atoms with E-state index in [0.29, 0.717) is 18.9 Å². The number of morpholine rings is 1. The maximum atomic E-state index is 12.2. The molecule has 112 valence electrons. The van der Waals surface area contributed by atoms with Gasteiger partial charge in [-0.25, -0.2) is 0 Å². The van der Waals surface area contributed by atoms with Gasteiger partial charge in [-0.2, -0.15) is 0 Å². The minimum absolute atomic E-state index is 0. The maximum Gasteiger partial charge on any atom is 0.224 e. The van der Waals surface area contributed by atoms with E-state index >= 15 is 0 Å². The van der Waals surface area contributed by atoms with E-state index in [-0.39, 0.29) is 18.4 Å². The standard InChI is InChI=1S/C14H26N2O2.ClH/c1-2-12-4-3-7-16(8-5-12)14(17)10-13-11-18-9-6-15-13;/h12-13,15H,2-11H2,1H3;1H. The van der Waals surface area contributed by atoms with Crippen molar-refractivity contribution in [3.05, 3.63) is 0 Å². The summed E-state index contributed by atoms with van der Waals surface area (Å²) in [5.74, 6) is 1.12. The number of carbonyl (C=O) groups excluding carboxylic acids is 1. The van der Waals surface area contributed by atoms with E-state index in [0.717, 1.165) is 32.2 Å². The first kappa shape index (κ1) is 16.7. The predicted octanol–water partition coefficient (Wildman–Crippen LogP) is 1.83. The Hall–Kier alpha value is -0.320. The van der Waals surface area contributed by atoms with Crippen LogP contribution in [-0.2, 0) is 9.53 Å². The largest absolute Gasteiger partial charge is 0.378 e. The van der Waals surface area contributed by atoms with Gasteiger partial charge in [0.15, 0.2) is 0 Å². The van der Waals surface area contributed by atoms with Crippen LogP contribution in [0.5, 0.6) is 0 Å². The smallest absolute Gasteiger partial charge is 0.224 e. The molecule has 0 radical (unpaired) electrons. The number of carbonyl (C=O) groups is 1. The van der Waals surface area contributed by atoms with Gasteiger partial charge in [-0.15, -0.1) is 12.4 Å². The van der Waals surface area contributed by atoms with Crippen LogP contribution in [0.1, 0.15) is 39.0 Å². The summed E-state index contributed by atoms with van der Waals surface area (Å²) < 4.78 is 5.40. The summed E-state index contributed by atoms with van der Waals surface area (Å²) in [6.45, 7) is 6.47. The van der Waals surface area contributed by atoms with E-state index in [1.807, 2.05) is 0 Å². The van der Waals surface area contributed by atoms with Gasteiger partial charge in [-0.1, -0.05) is 13.3 Å². The molecule has 2 saturated heterocycles. The van der Waals surface area contributed by atoms with Gasteiger partial charge in [-0.3, -0.25) is 4.79 Å². The van der Waals surface area contributed by atoms with E-state index in [1.54, 1.807) is 0 Å². The number of nitrogens with zero attached hydrogens (tertiary/aromatic N) is 1. The van der Waals surface area contributed by atoms with Crippen molar-refractivity contribution >= 4 is 18.3 Å². The van der Waals surface area contributed by atoms with Crippen LogP contribution in [0.25, 0.3) is 0 Å². The molecule has 2 fully saturated rings. The van der Waals surface area contributed by atoms with E-state index in [1.165, 1.54) is 25.7 Å². The summed E-state index contributed by atoms with van der Waals surface area (Å²) in [6, 6.07) is 0.219. The molecule has 5 heteroatoms. The first-order valence-corrected chi connectivity index (χ1v) is 7.38. The molecular formula is C14H27ClN2O2. The molecule has 2 aliphatic heterocycles. The summed E-state index contributed by atoms with van der Waals surface area (Å²) in [7, 11) is 0. The van der Waals surface area contributed by atoms with Gasteiger partial charge in [0.1, 0.15) is 0 Å². The van der Waals surface area contributed by atoms with Crippen LogP contribution < -0.4 is 5.32 Å². The molecule has 2 unspecified atom stereocenters. The Morgan fingerprint density at radius 3 is 2.89 bits per heavy atom. The minimum atomic E-state index is 0. The Morgan fingerprint density at radius 2 is 2.21 bits per heavy atom. The second-order valence-corrected chi connectivity index (χ2v) is 5.52. The summed E-state index contributed by atoms with van der Waals surface area (Å²) in [5, 5.41) is 3.35. The highest BCUT2D eigenvalue weighted by Crippen LogP contribution is 2.20. The number of ether oxygens (including phenoxy) is 1. The Balaban J connectivity index is 0.00000180. The first-order valence-electron chi connectivity index (χ1n) is 7.38. The molecular weight excluding hydrogens is 264 g/mol.